The number of hydrogen-bond donors (Lipinski definition) is 0. The van der Waals surface area contributed by atoms with Gasteiger partial charge in [0.25, 0.3) is 0 Å². The molecule has 1 aromatic heterocycles. The molecule has 0 N–H and O–H groups in total. The minimum absolute atomic E-state index is 0.0324. The van der Waals surface area contributed by atoms with Crippen LogP contribution in [0.3, 0.4) is 0 Å². The quantitative estimate of drug-likeness (QED) is 0.806. The Morgan fingerprint density at radius 1 is 1.29 bits per heavy atom. The zero-order chi connectivity index (χ0) is 16.9. The number of carbonyl (C=O) groups excluding carboxylic acids is 1. The van der Waals surface area contributed by atoms with Crippen molar-refractivity contribution in [1.29, 1.82) is 0 Å². The van der Waals surface area contributed by atoms with Crippen molar-refractivity contribution in [2.75, 3.05) is 26.5 Å². The van der Waals surface area contributed by atoms with Gasteiger partial charge in [0.1, 0.15) is 16.9 Å². The van der Waals surface area contributed by atoms with Gasteiger partial charge in [-0.25, -0.2) is 0 Å². The van der Waals surface area contributed by atoms with Gasteiger partial charge in [-0.15, -0.1) is 11.8 Å². The molecule has 6 heteroatoms. The Labute approximate surface area is 146 Å². The molecule has 24 heavy (non-hydrogen) atoms. The van der Waals surface area contributed by atoms with Crippen molar-refractivity contribution in [1.82, 2.24) is 9.88 Å². The number of rotatable bonds is 6. The summed E-state index contributed by atoms with van der Waals surface area (Å²) in [4.78, 5) is 18.4. The molecule has 0 saturated carbocycles. The predicted octanol–water partition coefficient (Wildman–Crippen LogP) is 2.92. The van der Waals surface area contributed by atoms with Gasteiger partial charge < -0.3 is 14.4 Å². The standard InChI is InChI=1S/C18H20N2O3S/c1-22-14-5-6-15(16(10-14)23-2)18-20(17(21)12-24-18)9-7-13-4-3-8-19-11-13/h3-6,8,10-11,18H,7,9,12H2,1-2H3. The molecule has 2 heterocycles. The number of hydrogen-bond acceptors (Lipinski definition) is 5. The van der Waals surface area contributed by atoms with Gasteiger partial charge in [0.2, 0.25) is 5.91 Å². The average molecular weight is 344 g/mol. The summed E-state index contributed by atoms with van der Waals surface area (Å²) in [6, 6.07) is 9.69. The van der Waals surface area contributed by atoms with E-state index in [0.717, 1.165) is 29.0 Å². The van der Waals surface area contributed by atoms with Crippen molar-refractivity contribution in [3.63, 3.8) is 0 Å². The SMILES string of the molecule is COc1ccc(C2SCC(=O)N2CCc2cccnc2)c(OC)c1. The number of aromatic nitrogens is 1. The minimum Gasteiger partial charge on any atom is -0.497 e. The molecule has 1 fully saturated rings. The predicted molar refractivity (Wildman–Crippen MR) is 94.4 cm³/mol. The number of methoxy groups -OCH3 is 2. The third-order valence-corrected chi connectivity index (χ3v) is 5.28. The zero-order valence-corrected chi connectivity index (χ0v) is 14.6. The van der Waals surface area contributed by atoms with Gasteiger partial charge in [-0.05, 0) is 30.2 Å². The van der Waals surface area contributed by atoms with Crippen LogP contribution in [-0.4, -0.2) is 42.3 Å². The smallest absolute Gasteiger partial charge is 0.233 e. The number of carbonyl (C=O) groups is 1. The lowest BCUT2D eigenvalue weighted by atomic mass is 10.1. The largest absolute Gasteiger partial charge is 0.497 e. The van der Waals surface area contributed by atoms with Gasteiger partial charge in [0, 0.05) is 30.6 Å². The van der Waals surface area contributed by atoms with Crippen LogP contribution in [0.15, 0.2) is 42.7 Å². The van der Waals surface area contributed by atoms with Gasteiger partial charge in [0.15, 0.2) is 0 Å². The van der Waals surface area contributed by atoms with Crippen LogP contribution in [-0.2, 0) is 11.2 Å². The van der Waals surface area contributed by atoms with E-state index in [4.69, 9.17) is 9.47 Å². The van der Waals surface area contributed by atoms with Crippen LogP contribution in [0.25, 0.3) is 0 Å². The highest BCUT2D eigenvalue weighted by molar-refractivity contribution is 8.00. The van der Waals surface area contributed by atoms with E-state index in [2.05, 4.69) is 4.98 Å². The van der Waals surface area contributed by atoms with Crippen LogP contribution < -0.4 is 9.47 Å². The molecule has 2 aromatic rings. The van der Waals surface area contributed by atoms with Gasteiger partial charge in [-0.2, -0.15) is 0 Å². The highest BCUT2D eigenvalue weighted by atomic mass is 32.2. The summed E-state index contributed by atoms with van der Waals surface area (Å²) < 4.78 is 10.8. The first-order valence-corrected chi connectivity index (χ1v) is 8.79. The van der Waals surface area contributed by atoms with Crippen molar-refractivity contribution < 1.29 is 14.3 Å². The Morgan fingerprint density at radius 3 is 2.88 bits per heavy atom. The summed E-state index contributed by atoms with van der Waals surface area (Å²) in [5.41, 5.74) is 2.13. The van der Waals surface area contributed by atoms with Gasteiger partial charge in [0.05, 0.1) is 20.0 Å². The first-order valence-electron chi connectivity index (χ1n) is 7.75. The molecule has 1 aromatic carbocycles. The van der Waals surface area contributed by atoms with E-state index >= 15 is 0 Å². The van der Waals surface area contributed by atoms with Crippen LogP contribution in [0.2, 0.25) is 0 Å². The summed E-state index contributed by atoms with van der Waals surface area (Å²) in [7, 11) is 3.27. The van der Waals surface area contributed by atoms with Crippen LogP contribution in [0.4, 0.5) is 0 Å². The van der Waals surface area contributed by atoms with Crippen molar-refractivity contribution in [3.05, 3.63) is 53.9 Å². The third kappa shape index (κ3) is 3.48. The van der Waals surface area contributed by atoms with Crippen molar-refractivity contribution in [2.45, 2.75) is 11.8 Å². The Bertz CT molecular complexity index is 709. The molecule has 1 saturated heterocycles. The monoisotopic (exact) mass is 344 g/mol. The minimum atomic E-state index is -0.0324. The van der Waals surface area contributed by atoms with Crippen LogP contribution in [0, 0.1) is 0 Å². The Hall–Kier alpha value is -2.21. The van der Waals surface area contributed by atoms with Crippen LogP contribution in [0.5, 0.6) is 11.5 Å². The van der Waals surface area contributed by atoms with E-state index in [0.29, 0.717) is 12.3 Å². The van der Waals surface area contributed by atoms with E-state index < -0.39 is 0 Å². The maximum atomic E-state index is 12.3. The van der Waals surface area contributed by atoms with Crippen molar-refractivity contribution in [2.24, 2.45) is 0 Å². The maximum Gasteiger partial charge on any atom is 0.233 e. The lowest BCUT2D eigenvalue weighted by Gasteiger charge is -2.25. The first-order chi connectivity index (χ1) is 11.7. The van der Waals surface area contributed by atoms with E-state index in [-0.39, 0.29) is 11.3 Å². The fraction of sp³-hybridized carbons (Fsp3) is 0.333. The van der Waals surface area contributed by atoms with E-state index in [1.165, 1.54) is 0 Å². The molecule has 0 aliphatic carbocycles. The Morgan fingerprint density at radius 2 is 2.17 bits per heavy atom. The highest BCUT2D eigenvalue weighted by Crippen LogP contribution is 2.43. The molecule has 0 radical (unpaired) electrons. The molecular weight excluding hydrogens is 324 g/mol. The molecule has 1 aliphatic heterocycles. The molecule has 1 amide bonds. The lowest BCUT2D eigenvalue weighted by Crippen LogP contribution is -2.30. The highest BCUT2D eigenvalue weighted by Gasteiger charge is 2.34. The Kier molecular flexibility index (Phi) is 5.25. The molecular formula is C18H20N2O3S. The fourth-order valence-electron chi connectivity index (χ4n) is 2.77. The van der Waals surface area contributed by atoms with E-state index in [1.54, 1.807) is 32.2 Å². The van der Waals surface area contributed by atoms with Gasteiger partial charge in [-0.3, -0.25) is 9.78 Å². The summed E-state index contributed by atoms with van der Waals surface area (Å²) in [5.74, 6) is 2.14. The summed E-state index contributed by atoms with van der Waals surface area (Å²) >= 11 is 1.63. The van der Waals surface area contributed by atoms with Crippen LogP contribution in [0.1, 0.15) is 16.5 Å². The zero-order valence-electron chi connectivity index (χ0n) is 13.8. The fourth-order valence-corrected chi connectivity index (χ4v) is 4.01. The molecule has 1 atom stereocenters. The first kappa shape index (κ1) is 16.6. The van der Waals surface area contributed by atoms with Crippen molar-refractivity contribution in [3.8, 4) is 11.5 Å². The number of benzene rings is 1. The normalized spacial score (nSPS) is 17.2. The molecule has 0 spiro atoms. The van der Waals surface area contributed by atoms with Gasteiger partial charge >= 0.3 is 0 Å². The summed E-state index contributed by atoms with van der Waals surface area (Å²) in [6.07, 6.45) is 4.39. The lowest BCUT2D eigenvalue weighted by molar-refractivity contribution is -0.128. The number of amides is 1. The second kappa shape index (κ2) is 7.57. The van der Waals surface area contributed by atoms with Crippen molar-refractivity contribution >= 4 is 17.7 Å². The second-order valence-corrected chi connectivity index (χ2v) is 6.54. The summed E-state index contributed by atoms with van der Waals surface area (Å²) in [6.45, 7) is 0.664. The Balaban J connectivity index is 1.80. The molecule has 5 nitrogen and oxygen atoms in total. The maximum absolute atomic E-state index is 12.3. The number of nitrogens with zero attached hydrogens (tertiary/aromatic N) is 2. The average Bonchev–Trinajstić information content (AvgIpc) is 3.00. The second-order valence-electron chi connectivity index (χ2n) is 5.47. The number of thioether (sulfide) groups is 1. The number of pyridine rings is 1. The summed E-state index contributed by atoms with van der Waals surface area (Å²) in [5, 5.41) is -0.0324. The number of ether oxygens (including phenoxy) is 2. The molecule has 1 aliphatic rings. The third-order valence-electron chi connectivity index (χ3n) is 4.04. The van der Waals surface area contributed by atoms with Gasteiger partial charge in [-0.1, -0.05) is 6.07 Å². The molecule has 3 rings (SSSR count). The molecule has 1 unspecified atom stereocenters. The van der Waals surface area contributed by atoms with Crippen LogP contribution >= 0.6 is 11.8 Å². The topological polar surface area (TPSA) is 51.7 Å². The van der Waals surface area contributed by atoms with E-state index in [1.807, 2.05) is 41.4 Å². The molecule has 126 valence electrons. The molecule has 0 bridgehead atoms. The van der Waals surface area contributed by atoms with E-state index in [9.17, 15) is 4.79 Å².